The van der Waals surface area contributed by atoms with Gasteiger partial charge in [0.15, 0.2) is 0 Å². The minimum Gasteiger partial charge on any atom is -0.297 e. The Morgan fingerprint density at radius 1 is 1.62 bits per heavy atom. The number of carbonyl (C=O) groups excluding carboxylic acids is 1. The zero-order valence-corrected chi connectivity index (χ0v) is 10.2. The summed E-state index contributed by atoms with van der Waals surface area (Å²) < 4.78 is 1.81. The van der Waals surface area contributed by atoms with Gasteiger partial charge in [-0.1, -0.05) is 13.8 Å². The fraction of sp³-hybridized carbons (Fsp3) is 0.667. The van der Waals surface area contributed by atoms with Gasteiger partial charge in [-0.2, -0.15) is 5.10 Å². The highest BCUT2D eigenvalue weighted by Gasteiger charge is 2.28. The first kappa shape index (κ1) is 11.2. The largest absolute Gasteiger partial charge is 0.297 e. The van der Waals surface area contributed by atoms with E-state index >= 15 is 0 Å². The number of amides is 1. The molecule has 1 unspecified atom stereocenters. The molecular weight excluding hydrogens is 202 g/mol. The third-order valence-electron chi connectivity index (χ3n) is 3.36. The Labute approximate surface area is 96.2 Å². The molecule has 0 spiro atoms. The highest BCUT2D eigenvalue weighted by atomic mass is 16.2. The topological polar surface area (TPSA) is 38.1 Å². The number of rotatable bonds is 2. The van der Waals surface area contributed by atoms with Crippen molar-refractivity contribution in [2.45, 2.75) is 33.1 Å². The second-order valence-electron chi connectivity index (χ2n) is 4.52. The van der Waals surface area contributed by atoms with Crippen LogP contribution in [0.4, 0.5) is 5.82 Å². The first-order chi connectivity index (χ1) is 7.65. The molecule has 0 aromatic carbocycles. The van der Waals surface area contributed by atoms with E-state index in [0.717, 1.165) is 31.6 Å². The predicted octanol–water partition coefficient (Wildman–Crippen LogP) is 1.75. The van der Waals surface area contributed by atoms with Crippen molar-refractivity contribution in [3.8, 4) is 0 Å². The van der Waals surface area contributed by atoms with Crippen LogP contribution >= 0.6 is 0 Å². The molecule has 0 fully saturated rings. The zero-order chi connectivity index (χ0) is 11.7. The highest BCUT2D eigenvalue weighted by Crippen LogP contribution is 2.27. The van der Waals surface area contributed by atoms with Gasteiger partial charge in [-0.3, -0.25) is 14.4 Å². The summed E-state index contributed by atoms with van der Waals surface area (Å²) in [7, 11) is 1.90. The molecule has 1 aliphatic rings. The molecule has 2 heterocycles. The molecule has 0 radical (unpaired) electrons. The van der Waals surface area contributed by atoms with E-state index in [1.165, 1.54) is 5.56 Å². The first-order valence-corrected chi connectivity index (χ1v) is 5.97. The Balaban J connectivity index is 2.31. The van der Waals surface area contributed by atoms with E-state index in [4.69, 9.17) is 0 Å². The van der Waals surface area contributed by atoms with E-state index in [1.54, 1.807) is 0 Å². The van der Waals surface area contributed by atoms with Crippen LogP contribution < -0.4 is 4.90 Å². The van der Waals surface area contributed by atoms with Gasteiger partial charge in [0.2, 0.25) is 5.91 Å². The number of aryl methyl sites for hydroxylation is 2. The molecule has 4 nitrogen and oxygen atoms in total. The third kappa shape index (κ3) is 1.72. The molecule has 1 atom stereocenters. The van der Waals surface area contributed by atoms with Crippen LogP contribution in [-0.2, 0) is 18.3 Å². The monoisotopic (exact) mass is 221 g/mol. The van der Waals surface area contributed by atoms with Gasteiger partial charge in [0.1, 0.15) is 5.82 Å². The number of fused-ring (bicyclic) bond motifs is 1. The van der Waals surface area contributed by atoms with E-state index in [0.29, 0.717) is 0 Å². The average molecular weight is 221 g/mol. The zero-order valence-electron chi connectivity index (χ0n) is 10.2. The number of hydrogen-bond donors (Lipinski definition) is 0. The molecule has 16 heavy (non-hydrogen) atoms. The van der Waals surface area contributed by atoms with Crippen LogP contribution in [0.1, 0.15) is 32.3 Å². The Hall–Kier alpha value is -1.32. The summed E-state index contributed by atoms with van der Waals surface area (Å²) in [6.07, 6.45) is 4.85. The lowest BCUT2D eigenvalue weighted by Gasteiger charge is -2.29. The van der Waals surface area contributed by atoms with Crippen LogP contribution in [0.3, 0.4) is 0 Å². The molecule has 0 aliphatic carbocycles. The molecule has 1 amide bonds. The normalized spacial score (nSPS) is 17.1. The van der Waals surface area contributed by atoms with Crippen LogP contribution in [0.2, 0.25) is 0 Å². The molecule has 88 valence electrons. The molecule has 0 bridgehead atoms. The molecule has 4 heteroatoms. The molecule has 0 saturated carbocycles. The second-order valence-corrected chi connectivity index (χ2v) is 4.52. The van der Waals surface area contributed by atoms with Crippen LogP contribution in [0, 0.1) is 5.92 Å². The lowest BCUT2D eigenvalue weighted by molar-refractivity contribution is -0.122. The molecule has 1 aliphatic heterocycles. The van der Waals surface area contributed by atoms with Crippen molar-refractivity contribution >= 4 is 11.7 Å². The van der Waals surface area contributed by atoms with Gasteiger partial charge in [-0.05, 0) is 19.3 Å². The van der Waals surface area contributed by atoms with Crippen LogP contribution in [0.15, 0.2) is 6.20 Å². The van der Waals surface area contributed by atoms with Gasteiger partial charge in [0.05, 0.1) is 6.20 Å². The molecule has 1 aromatic heterocycles. The van der Waals surface area contributed by atoms with Crippen molar-refractivity contribution in [2.75, 3.05) is 11.4 Å². The summed E-state index contributed by atoms with van der Waals surface area (Å²) in [5.41, 5.74) is 1.20. The maximum Gasteiger partial charge on any atom is 0.230 e. The van der Waals surface area contributed by atoms with E-state index < -0.39 is 0 Å². The van der Waals surface area contributed by atoms with Gasteiger partial charge in [-0.25, -0.2) is 0 Å². The van der Waals surface area contributed by atoms with E-state index in [-0.39, 0.29) is 11.8 Å². The lowest BCUT2D eigenvalue weighted by atomic mass is 10.0. The minimum atomic E-state index is 0.0980. The summed E-state index contributed by atoms with van der Waals surface area (Å²) in [6, 6.07) is 0. The maximum absolute atomic E-state index is 12.2. The highest BCUT2D eigenvalue weighted by molar-refractivity contribution is 5.95. The second kappa shape index (κ2) is 4.28. The third-order valence-corrected chi connectivity index (χ3v) is 3.36. The SMILES string of the molecule is CCC(C)C(=O)N1CCCc2cnn(C)c21. The van der Waals surface area contributed by atoms with E-state index in [9.17, 15) is 4.79 Å². The Bertz CT molecular complexity index is 397. The molecule has 2 rings (SSSR count). The minimum absolute atomic E-state index is 0.0980. The molecule has 0 saturated heterocycles. The number of hydrogen-bond acceptors (Lipinski definition) is 2. The van der Waals surface area contributed by atoms with Crippen LogP contribution in [0.5, 0.6) is 0 Å². The van der Waals surface area contributed by atoms with Gasteiger partial charge >= 0.3 is 0 Å². The fourth-order valence-corrected chi connectivity index (χ4v) is 2.19. The van der Waals surface area contributed by atoms with E-state index in [1.807, 2.05) is 29.7 Å². The van der Waals surface area contributed by atoms with Crippen molar-refractivity contribution in [3.05, 3.63) is 11.8 Å². The van der Waals surface area contributed by atoms with Crippen LogP contribution in [0.25, 0.3) is 0 Å². The Morgan fingerprint density at radius 2 is 2.38 bits per heavy atom. The summed E-state index contributed by atoms with van der Waals surface area (Å²) in [5, 5.41) is 4.24. The summed E-state index contributed by atoms with van der Waals surface area (Å²) in [6.45, 7) is 4.87. The van der Waals surface area contributed by atoms with Gasteiger partial charge in [-0.15, -0.1) is 0 Å². The van der Waals surface area contributed by atoms with Crippen LogP contribution in [-0.4, -0.2) is 22.2 Å². The standard InChI is InChI=1S/C12H19N3O/c1-4-9(2)12(16)15-7-5-6-10-8-13-14(3)11(10)15/h8-9H,4-7H2,1-3H3. The summed E-state index contributed by atoms with van der Waals surface area (Å²) in [5.74, 6) is 1.32. The number of carbonyl (C=O) groups is 1. The Morgan fingerprint density at radius 3 is 3.06 bits per heavy atom. The summed E-state index contributed by atoms with van der Waals surface area (Å²) in [4.78, 5) is 14.1. The first-order valence-electron chi connectivity index (χ1n) is 5.97. The van der Waals surface area contributed by atoms with Crippen molar-refractivity contribution in [1.29, 1.82) is 0 Å². The lowest BCUT2D eigenvalue weighted by Crippen LogP contribution is -2.39. The predicted molar refractivity (Wildman–Crippen MR) is 63.3 cm³/mol. The van der Waals surface area contributed by atoms with Crippen molar-refractivity contribution < 1.29 is 4.79 Å². The summed E-state index contributed by atoms with van der Waals surface area (Å²) >= 11 is 0. The average Bonchev–Trinajstić information content (AvgIpc) is 2.69. The van der Waals surface area contributed by atoms with Crippen molar-refractivity contribution in [1.82, 2.24) is 9.78 Å². The van der Waals surface area contributed by atoms with Crippen molar-refractivity contribution in [3.63, 3.8) is 0 Å². The quantitative estimate of drug-likeness (QED) is 0.763. The molecular formula is C12H19N3O. The number of aromatic nitrogens is 2. The van der Waals surface area contributed by atoms with Gasteiger partial charge in [0.25, 0.3) is 0 Å². The molecule has 1 aromatic rings. The molecule has 0 N–H and O–H groups in total. The van der Waals surface area contributed by atoms with Crippen molar-refractivity contribution in [2.24, 2.45) is 13.0 Å². The Kier molecular flexibility index (Phi) is 2.99. The number of anilines is 1. The number of nitrogens with zero attached hydrogens (tertiary/aromatic N) is 3. The van der Waals surface area contributed by atoms with Gasteiger partial charge < -0.3 is 0 Å². The van der Waals surface area contributed by atoms with E-state index in [2.05, 4.69) is 12.0 Å². The smallest absolute Gasteiger partial charge is 0.230 e. The maximum atomic E-state index is 12.2. The van der Waals surface area contributed by atoms with Gasteiger partial charge in [0, 0.05) is 25.1 Å². The fourth-order valence-electron chi connectivity index (χ4n) is 2.19.